The molecule has 1 aliphatic heterocycles. The Labute approximate surface area is 114 Å². The maximum absolute atomic E-state index is 11.5. The second kappa shape index (κ2) is 6.17. The van der Waals surface area contributed by atoms with Gasteiger partial charge in [-0.3, -0.25) is 9.69 Å². The van der Waals surface area contributed by atoms with E-state index in [1.165, 1.54) is 11.1 Å². The van der Waals surface area contributed by atoms with Crippen LogP contribution in [0, 0.1) is 13.8 Å². The van der Waals surface area contributed by atoms with Crippen LogP contribution in [0.1, 0.15) is 16.7 Å². The zero-order valence-electron chi connectivity index (χ0n) is 11.6. The number of morpholine rings is 1. The van der Waals surface area contributed by atoms with E-state index in [0.29, 0.717) is 32.7 Å². The molecule has 0 aromatic heterocycles. The first-order chi connectivity index (χ1) is 9.08. The van der Waals surface area contributed by atoms with Gasteiger partial charge in [-0.1, -0.05) is 18.2 Å². The fourth-order valence-electron chi connectivity index (χ4n) is 2.42. The minimum Gasteiger partial charge on any atom is -0.480 e. The van der Waals surface area contributed by atoms with Gasteiger partial charge in [-0.15, -0.1) is 0 Å². The average Bonchev–Trinajstić information content (AvgIpc) is 2.40. The first-order valence-corrected chi connectivity index (χ1v) is 6.68. The van der Waals surface area contributed by atoms with Crippen LogP contribution in [0.2, 0.25) is 0 Å². The number of aryl methyl sites for hydroxylation is 2. The maximum Gasteiger partial charge on any atom is 0.321 e. The summed E-state index contributed by atoms with van der Waals surface area (Å²) in [6.07, 6.45) is 0.552. The smallest absolute Gasteiger partial charge is 0.321 e. The summed E-state index contributed by atoms with van der Waals surface area (Å²) < 4.78 is 5.28. The molecule has 0 radical (unpaired) electrons. The lowest BCUT2D eigenvalue weighted by atomic mass is 10.00. The van der Waals surface area contributed by atoms with E-state index in [1.807, 2.05) is 11.0 Å². The Bertz CT molecular complexity index is 453. The van der Waals surface area contributed by atoms with Crippen LogP contribution in [0.3, 0.4) is 0 Å². The second-order valence-corrected chi connectivity index (χ2v) is 5.13. The van der Waals surface area contributed by atoms with E-state index in [-0.39, 0.29) is 0 Å². The fraction of sp³-hybridized carbons (Fsp3) is 0.533. The summed E-state index contributed by atoms with van der Waals surface area (Å²) in [6.45, 7) is 6.76. The molecule has 0 aliphatic carbocycles. The second-order valence-electron chi connectivity index (χ2n) is 5.13. The monoisotopic (exact) mass is 263 g/mol. The van der Waals surface area contributed by atoms with Gasteiger partial charge >= 0.3 is 5.97 Å². The van der Waals surface area contributed by atoms with Crippen LogP contribution in [0.25, 0.3) is 0 Å². The number of hydrogen-bond acceptors (Lipinski definition) is 3. The Balaban J connectivity index is 2.11. The van der Waals surface area contributed by atoms with Gasteiger partial charge in [0, 0.05) is 13.1 Å². The van der Waals surface area contributed by atoms with Crippen LogP contribution in [0.4, 0.5) is 0 Å². The molecule has 1 saturated heterocycles. The van der Waals surface area contributed by atoms with Crippen LogP contribution in [0.5, 0.6) is 0 Å². The Morgan fingerprint density at radius 1 is 1.32 bits per heavy atom. The van der Waals surface area contributed by atoms with Crippen molar-refractivity contribution in [2.24, 2.45) is 0 Å². The summed E-state index contributed by atoms with van der Waals surface area (Å²) in [7, 11) is 0. The number of carboxylic acids is 1. The Morgan fingerprint density at radius 2 is 2.00 bits per heavy atom. The molecule has 1 atom stereocenters. The highest BCUT2D eigenvalue weighted by Gasteiger charge is 2.27. The average molecular weight is 263 g/mol. The van der Waals surface area contributed by atoms with Crippen LogP contribution in [0.15, 0.2) is 18.2 Å². The first-order valence-electron chi connectivity index (χ1n) is 6.68. The zero-order valence-corrected chi connectivity index (χ0v) is 11.6. The van der Waals surface area contributed by atoms with Crippen molar-refractivity contribution in [3.8, 4) is 0 Å². The van der Waals surface area contributed by atoms with Crippen LogP contribution in [-0.4, -0.2) is 48.3 Å². The summed E-state index contributed by atoms with van der Waals surface area (Å²) in [5, 5.41) is 9.43. The molecule has 2 rings (SSSR count). The van der Waals surface area contributed by atoms with Crippen molar-refractivity contribution in [1.82, 2.24) is 4.90 Å². The predicted octanol–water partition coefficient (Wildman–Crippen LogP) is 1.63. The van der Waals surface area contributed by atoms with Gasteiger partial charge in [0.1, 0.15) is 6.04 Å². The van der Waals surface area contributed by atoms with Crippen molar-refractivity contribution in [1.29, 1.82) is 0 Å². The normalized spacial score (nSPS) is 18.2. The molecule has 1 aromatic carbocycles. The third-order valence-corrected chi connectivity index (χ3v) is 3.77. The molecule has 0 unspecified atom stereocenters. The van der Waals surface area contributed by atoms with E-state index in [9.17, 15) is 9.90 Å². The lowest BCUT2D eigenvalue weighted by Gasteiger charge is -2.32. The zero-order chi connectivity index (χ0) is 13.8. The summed E-state index contributed by atoms with van der Waals surface area (Å²) in [4.78, 5) is 13.5. The lowest BCUT2D eigenvalue weighted by Crippen LogP contribution is -2.48. The highest BCUT2D eigenvalue weighted by molar-refractivity contribution is 5.74. The molecule has 4 nitrogen and oxygen atoms in total. The van der Waals surface area contributed by atoms with Gasteiger partial charge in [0.15, 0.2) is 0 Å². The SMILES string of the molecule is Cc1ccc(C[C@H](C(=O)O)N2CCOCC2)cc1C. The van der Waals surface area contributed by atoms with Crippen molar-refractivity contribution < 1.29 is 14.6 Å². The van der Waals surface area contributed by atoms with Crippen molar-refractivity contribution >= 4 is 5.97 Å². The molecule has 19 heavy (non-hydrogen) atoms. The Morgan fingerprint density at radius 3 is 2.58 bits per heavy atom. The number of benzene rings is 1. The molecule has 1 heterocycles. The van der Waals surface area contributed by atoms with Gasteiger partial charge in [-0.25, -0.2) is 0 Å². The third kappa shape index (κ3) is 3.55. The van der Waals surface area contributed by atoms with E-state index in [0.717, 1.165) is 5.56 Å². The number of aliphatic carboxylic acids is 1. The highest BCUT2D eigenvalue weighted by Crippen LogP contribution is 2.15. The van der Waals surface area contributed by atoms with Gasteiger partial charge in [0.25, 0.3) is 0 Å². The quantitative estimate of drug-likeness (QED) is 0.897. The molecule has 0 saturated carbocycles. The van der Waals surface area contributed by atoms with Crippen LogP contribution in [-0.2, 0) is 16.0 Å². The third-order valence-electron chi connectivity index (χ3n) is 3.77. The number of carbonyl (C=O) groups is 1. The summed E-state index contributed by atoms with van der Waals surface area (Å²) in [5.41, 5.74) is 3.53. The van der Waals surface area contributed by atoms with Gasteiger partial charge < -0.3 is 9.84 Å². The van der Waals surface area contributed by atoms with Crippen molar-refractivity contribution in [2.75, 3.05) is 26.3 Å². The maximum atomic E-state index is 11.5. The highest BCUT2D eigenvalue weighted by atomic mass is 16.5. The summed E-state index contributed by atoms with van der Waals surface area (Å²) in [6, 6.07) is 5.72. The molecular formula is C15H21NO3. The number of carboxylic acid groups (broad SMARTS) is 1. The Kier molecular flexibility index (Phi) is 4.56. The van der Waals surface area contributed by atoms with Crippen molar-refractivity contribution in [3.05, 3.63) is 34.9 Å². The Hall–Kier alpha value is -1.39. The van der Waals surface area contributed by atoms with Gasteiger partial charge in [0.2, 0.25) is 0 Å². The van der Waals surface area contributed by atoms with Crippen LogP contribution >= 0.6 is 0 Å². The van der Waals surface area contributed by atoms with Gasteiger partial charge in [-0.2, -0.15) is 0 Å². The number of rotatable bonds is 4. The van der Waals surface area contributed by atoms with Crippen molar-refractivity contribution in [3.63, 3.8) is 0 Å². The molecular weight excluding hydrogens is 242 g/mol. The van der Waals surface area contributed by atoms with Gasteiger partial charge in [-0.05, 0) is 37.0 Å². The number of hydrogen-bond donors (Lipinski definition) is 1. The molecule has 1 aliphatic rings. The molecule has 104 valence electrons. The topological polar surface area (TPSA) is 49.8 Å². The van der Waals surface area contributed by atoms with Crippen LogP contribution < -0.4 is 0 Å². The summed E-state index contributed by atoms with van der Waals surface area (Å²) >= 11 is 0. The first kappa shape index (κ1) is 14.0. The minimum absolute atomic E-state index is 0.453. The molecule has 0 bridgehead atoms. The molecule has 1 N–H and O–H groups in total. The van der Waals surface area contributed by atoms with E-state index in [4.69, 9.17) is 4.74 Å². The molecule has 4 heteroatoms. The van der Waals surface area contributed by atoms with Crippen molar-refractivity contribution in [2.45, 2.75) is 26.3 Å². The van der Waals surface area contributed by atoms with E-state index in [1.54, 1.807) is 0 Å². The minimum atomic E-state index is -0.750. The molecule has 1 aromatic rings. The van der Waals surface area contributed by atoms with E-state index >= 15 is 0 Å². The molecule has 0 amide bonds. The standard InChI is InChI=1S/C15H21NO3/c1-11-3-4-13(9-12(11)2)10-14(15(17)18)16-5-7-19-8-6-16/h3-4,9,14H,5-8,10H2,1-2H3,(H,17,18)/t14-/m1/s1. The number of ether oxygens (including phenoxy) is 1. The van der Waals surface area contributed by atoms with Gasteiger partial charge in [0.05, 0.1) is 13.2 Å². The number of nitrogens with zero attached hydrogens (tertiary/aromatic N) is 1. The van der Waals surface area contributed by atoms with E-state index < -0.39 is 12.0 Å². The molecule has 1 fully saturated rings. The lowest BCUT2D eigenvalue weighted by molar-refractivity contribution is -0.145. The predicted molar refractivity (Wildman–Crippen MR) is 73.4 cm³/mol. The molecule has 0 spiro atoms. The fourth-order valence-corrected chi connectivity index (χ4v) is 2.42. The van der Waals surface area contributed by atoms with E-state index in [2.05, 4.69) is 26.0 Å². The summed E-state index contributed by atoms with van der Waals surface area (Å²) in [5.74, 6) is -0.750. The largest absolute Gasteiger partial charge is 0.480 e.